The molecule has 0 unspecified atom stereocenters. The molecule has 2 nitrogen and oxygen atoms in total. The van der Waals surface area contributed by atoms with Crippen molar-refractivity contribution in [3.05, 3.63) is 34.1 Å². The van der Waals surface area contributed by atoms with E-state index in [2.05, 4.69) is 5.32 Å². The van der Waals surface area contributed by atoms with Gasteiger partial charge in [-0.3, -0.25) is 4.90 Å². The second kappa shape index (κ2) is 7.67. The first-order chi connectivity index (χ1) is 11.5. The Morgan fingerprint density at radius 3 is 2.20 bits per heavy atom. The van der Waals surface area contributed by atoms with Gasteiger partial charge in [0.05, 0.1) is 10.6 Å². The van der Waals surface area contributed by atoms with Crippen molar-refractivity contribution < 1.29 is 30.7 Å². The molecule has 1 saturated heterocycles. The van der Waals surface area contributed by atoms with Crippen molar-refractivity contribution in [1.82, 2.24) is 10.2 Å². The van der Waals surface area contributed by atoms with Gasteiger partial charge in [0, 0.05) is 44.2 Å². The molecule has 25 heavy (non-hydrogen) atoms. The largest absolute Gasteiger partial charge is 0.416 e. The van der Waals surface area contributed by atoms with Gasteiger partial charge in [-0.25, -0.2) is 4.39 Å². The summed E-state index contributed by atoms with van der Waals surface area (Å²) in [6, 6.07) is 0.0183. The molecular formula is C15H16ClF7N2. The summed E-state index contributed by atoms with van der Waals surface area (Å²) in [4.78, 5) is 1.44. The topological polar surface area (TPSA) is 15.3 Å². The highest BCUT2D eigenvalue weighted by Crippen LogP contribution is 2.42. The van der Waals surface area contributed by atoms with Gasteiger partial charge in [0.15, 0.2) is 0 Å². The molecule has 1 heterocycles. The Labute approximate surface area is 144 Å². The summed E-state index contributed by atoms with van der Waals surface area (Å²) in [5.41, 5.74) is -2.11. The zero-order chi connectivity index (χ0) is 18.8. The van der Waals surface area contributed by atoms with Crippen LogP contribution in [0.5, 0.6) is 0 Å². The van der Waals surface area contributed by atoms with E-state index in [1.165, 1.54) is 4.90 Å². The maximum atomic E-state index is 14.5. The van der Waals surface area contributed by atoms with E-state index in [1.54, 1.807) is 0 Å². The van der Waals surface area contributed by atoms with Gasteiger partial charge in [-0.05, 0) is 18.6 Å². The Kier molecular flexibility index (Phi) is 6.22. The summed E-state index contributed by atoms with van der Waals surface area (Å²) in [7, 11) is 0. The SMILES string of the molecule is Fc1c(Cl)ccc(C(F)(F)F)c1[C@@H](CCC(F)(F)F)N1CCNCC1. The number of alkyl halides is 6. The fourth-order valence-corrected chi connectivity index (χ4v) is 3.11. The van der Waals surface area contributed by atoms with Crippen LogP contribution in [-0.2, 0) is 6.18 Å². The van der Waals surface area contributed by atoms with E-state index in [-0.39, 0.29) is 13.1 Å². The Morgan fingerprint density at radius 1 is 1.08 bits per heavy atom. The molecule has 1 aromatic carbocycles. The van der Waals surface area contributed by atoms with Crippen molar-refractivity contribution in [2.24, 2.45) is 0 Å². The molecule has 0 saturated carbocycles. The third-order valence-corrected chi connectivity index (χ3v) is 4.36. The van der Waals surface area contributed by atoms with Gasteiger partial charge >= 0.3 is 12.4 Å². The second-order valence-corrected chi connectivity index (χ2v) is 6.18. The number of nitrogens with one attached hydrogen (secondary N) is 1. The molecule has 1 aromatic rings. The Hall–Kier alpha value is -1.06. The second-order valence-electron chi connectivity index (χ2n) is 5.78. The maximum Gasteiger partial charge on any atom is 0.416 e. The van der Waals surface area contributed by atoms with E-state index in [1.807, 2.05) is 0 Å². The van der Waals surface area contributed by atoms with Gasteiger partial charge < -0.3 is 5.32 Å². The van der Waals surface area contributed by atoms with Crippen LogP contribution in [0, 0.1) is 5.82 Å². The molecule has 1 N–H and O–H groups in total. The van der Waals surface area contributed by atoms with Crippen LogP contribution < -0.4 is 5.32 Å². The van der Waals surface area contributed by atoms with Gasteiger partial charge in [0.2, 0.25) is 0 Å². The molecule has 0 aliphatic carbocycles. The fourth-order valence-electron chi connectivity index (χ4n) is 2.94. The van der Waals surface area contributed by atoms with Gasteiger partial charge in [0.1, 0.15) is 5.82 Å². The minimum Gasteiger partial charge on any atom is -0.314 e. The minimum atomic E-state index is -4.90. The summed E-state index contributed by atoms with van der Waals surface area (Å²) in [5.74, 6) is -1.32. The molecule has 1 fully saturated rings. The van der Waals surface area contributed by atoms with Crippen LogP contribution in [0.25, 0.3) is 0 Å². The van der Waals surface area contributed by atoms with Gasteiger partial charge in [-0.1, -0.05) is 11.6 Å². The molecule has 10 heteroatoms. The maximum absolute atomic E-state index is 14.5. The van der Waals surface area contributed by atoms with Crippen molar-refractivity contribution in [3.63, 3.8) is 0 Å². The average molecular weight is 393 g/mol. The fraction of sp³-hybridized carbons (Fsp3) is 0.600. The highest BCUT2D eigenvalue weighted by atomic mass is 35.5. The van der Waals surface area contributed by atoms with Crippen molar-refractivity contribution in [2.45, 2.75) is 31.2 Å². The lowest BCUT2D eigenvalue weighted by molar-refractivity contribution is -0.141. The standard InChI is InChI=1S/C15H16ClF7N2/c16-10-2-1-9(15(21,22)23)12(13(10)17)11(3-4-14(18,19)20)25-7-5-24-6-8-25/h1-2,11,24H,3-8H2/t11-/m1/s1. The van der Waals surface area contributed by atoms with E-state index in [0.717, 1.165) is 6.07 Å². The predicted molar refractivity (Wildman–Crippen MR) is 78.9 cm³/mol. The quantitative estimate of drug-likeness (QED) is 0.741. The molecule has 1 aliphatic rings. The molecule has 2 rings (SSSR count). The predicted octanol–water partition coefficient (Wildman–Crippen LogP) is 4.79. The number of benzene rings is 1. The lowest BCUT2D eigenvalue weighted by atomic mass is 9.93. The Morgan fingerprint density at radius 2 is 1.68 bits per heavy atom. The summed E-state index contributed by atoms with van der Waals surface area (Å²) < 4.78 is 92.3. The molecule has 0 aromatic heterocycles. The highest BCUT2D eigenvalue weighted by molar-refractivity contribution is 6.30. The van der Waals surface area contributed by atoms with Crippen LogP contribution in [0.3, 0.4) is 0 Å². The van der Waals surface area contributed by atoms with E-state index < -0.39 is 53.2 Å². The van der Waals surface area contributed by atoms with Crippen LogP contribution in [0.1, 0.15) is 30.0 Å². The van der Waals surface area contributed by atoms with E-state index in [4.69, 9.17) is 11.6 Å². The first-order valence-corrected chi connectivity index (χ1v) is 7.95. The first kappa shape index (κ1) is 20.3. The monoisotopic (exact) mass is 392 g/mol. The van der Waals surface area contributed by atoms with Crippen molar-refractivity contribution in [2.75, 3.05) is 26.2 Å². The summed E-state index contributed by atoms with van der Waals surface area (Å²) in [6.07, 6.45) is -11.4. The summed E-state index contributed by atoms with van der Waals surface area (Å²) >= 11 is 5.61. The third-order valence-electron chi connectivity index (χ3n) is 4.06. The molecule has 1 aliphatic heterocycles. The minimum absolute atomic E-state index is 0.214. The third kappa shape index (κ3) is 5.21. The van der Waals surface area contributed by atoms with E-state index in [9.17, 15) is 30.7 Å². The van der Waals surface area contributed by atoms with Gasteiger partial charge in [-0.15, -0.1) is 0 Å². The summed E-state index contributed by atoms with van der Waals surface area (Å²) in [5, 5.41) is 2.41. The van der Waals surface area contributed by atoms with Crippen molar-refractivity contribution >= 4 is 11.6 Å². The Bertz CT molecular complexity index is 595. The number of nitrogens with zero attached hydrogens (tertiary/aromatic N) is 1. The summed E-state index contributed by atoms with van der Waals surface area (Å²) in [6.45, 7) is 1.22. The lowest BCUT2D eigenvalue weighted by Crippen LogP contribution is -2.46. The van der Waals surface area contributed by atoms with Gasteiger partial charge in [0.25, 0.3) is 0 Å². The molecule has 0 amide bonds. The average Bonchev–Trinajstić information content (AvgIpc) is 2.50. The van der Waals surface area contributed by atoms with Gasteiger partial charge in [-0.2, -0.15) is 26.3 Å². The van der Waals surface area contributed by atoms with Crippen LogP contribution in [0.2, 0.25) is 5.02 Å². The normalized spacial score (nSPS) is 18.4. The number of rotatable bonds is 4. The zero-order valence-electron chi connectivity index (χ0n) is 12.9. The Balaban J connectivity index is 2.50. The zero-order valence-corrected chi connectivity index (χ0v) is 13.7. The molecule has 142 valence electrons. The molecule has 1 atom stereocenters. The number of hydrogen-bond donors (Lipinski definition) is 1. The number of hydrogen-bond acceptors (Lipinski definition) is 2. The van der Waals surface area contributed by atoms with Crippen LogP contribution in [0.15, 0.2) is 12.1 Å². The van der Waals surface area contributed by atoms with Crippen LogP contribution >= 0.6 is 11.6 Å². The van der Waals surface area contributed by atoms with Crippen LogP contribution in [0.4, 0.5) is 30.7 Å². The lowest BCUT2D eigenvalue weighted by Gasteiger charge is -2.36. The molecular weight excluding hydrogens is 377 g/mol. The van der Waals surface area contributed by atoms with Crippen molar-refractivity contribution in [3.8, 4) is 0 Å². The molecule has 0 bridgehead atoms. The highest BCUT2D eigenvalue weighted by Gasteiger charge is 2.40. The first-order valence-electron chi connectivity index (χ1n) is 7.57. The molecule has 0 radical (unpaired) electrons. The van der Waals surface area contributed by atoms with E-state index in [0.29, 0.717) is 19.2 Å². The van der Waals surface area contributed by atoms with Crippen LogP contribution in [-0.4, -0.2) is 37.3 Å². The van der Waals surface area contributed by atoms with E-state index >= 15 is 0 Å². The van der Waals surface area contributed by atoms with Crippen molar-refractivity contribution in [1.29, 1.82) is 0 Å². The smallest absolute Gasteiger partial charge is 0.314 e. The molecule has 0 spiro atoms. The number of piperazine rings is 1. The number of halogens is 8.